The normalized spacial score (nSPS) is 20.6. The van der Waals surface area contributed by atoms with E-state index in [1.165, 1.54) is 0 Å². The average molecular weight is 697 g/mol. The number of aromatic nitrogens is 2. The lowest BCUT2D eigenvalue weighted by Crippen LogP contribution is -2.58. The highest BCUT2D eigenvalue weighted by atomic mass is 16.6. The van der Waals surface area contributed by atoms with E-state index in [1.54, 1.807) is 4.90 Å². The summed E-state index contributed by atoms with van der Waals surface area (Å²) in [6, 6.07) is 16.8. The van der Waals surface area contributed by atoms with Gasteiger partial charge in [0.15, 0.2) is 5.60 Å². The Hall–Kier alpha value is -4.54. The van der Waals surface area contributed by atoms with Crippen LogP contribution in [0, 0.1) is 5.92 Å². The van der Waals surface area contributed by atoms with Crippen molar-refractivity contribution < 1.29 is 23.9 Å². The third-order valence-electron chi connectivity index (χ3n) is 10.7. The molecule has 1 atom stereocenters. The van der Waals surface area contributed by atoms with Crippen LogP contribution in [0.3, 0.4) is 0 Å². The number of carbonyl (C=O) groups is 3. The van der Waals surface area contributed by atoms with Crippen molar-refractivity contribution in [2.24, 2.45) is 5.92 Å². The van der Waals surface area contributed by atoms with Gasteiger partial charge in [0.05, 0.1) is 12.1 Å². The molecule has 11 heteroatoms. The lowest BCUT2D eigenvalue weighted by Gasteiger charge is -2.40. The highest BCUT2D eigenvalue weighted by Crippen LogP contribution is 2.38. The Morgan fingerprint density at radius 2 is 1.63 bits per heavy atom. The van der Waals surface area contributed by atoms with Gasteiger partial charge in [0, 0.05) is 75.4 Å². The molecule has 0 bridgehead atoms. The third kappa shape index (κ3) is 8.18. The quantitative estimate of drug-likeness (QED) is 0.282. The van der Waals surface area contributed by atoms with Crippen molar-refractivity contribution in [3.8, 4) is 16.9 Å². The number of nitrogens with zero attached hydrogens (tertiary/aromatic N) is 5. The number of piperazine rings is 1. The van der Waals surface area contributed by atoms with E-state index in [1.807, 2.05) is 56.3 Å². The second kappa shape index (κ2) is 14.6. The zero-order chi connectivity index (χ0) is 35.6. The number of ether oxygens (including phenoxy) is 2. The van der Waals surface area contributed by atoms with Crippen molar-refractivity contribution >= 4 is 23.6 Å². The maximum atomic E-state index is 14.1. The molecule has 0 spiro atoms. The highest BCUT2D eigenvalue weighted by Gasteiger charge is 2.47. The SMILES string of the molecule is CC(C)(C)OC(=O)N1CCN(C(=O)C2(Oc3cccc(N4CCC[C@@H](C(=O)N(Cc5ccc(-c6cn[nH]c6)cc5)C5CC5)C4)c3)CCCC2)CC1. The first-order valence-electron chi connectivity index (χ1n) is 18.8. The van der Waals surface area contributed by atoms with Crippen LogP contribution in [0.15, 0.2) is 60.9 Å². The minimum absolute atomic E-state index is 0.00848. The van der Waals surface area contributed by atoms with Crippen LogP contribution in [0.25, 0.3) is 11.1 Å². The van der Waals surface area contributed by atoms with Gasteiger partial charge < -0.3 is 29.1 Å². The van der Waals surface area contributed by atoms with Crippen molar-refractivity contribution in [3.05, 3.63) is 66.5 Å². The van der Waals surface area contributed by atoms with Gasteiger partial charge in [0.1, 0.15) is 11.4 Å². The van der Waals surface area contributed by atoms with Gasteiger partial charge in [0.2, 0.25) is 5.91 Å². The standard InChI is InChI=1S/C40H52N6O5/c1-39(2,3)51-38(49)44-22-20-43(21-23-44)37(48)40(17-4-5-18-40)50-35-10-6-9-34(24-35)45-19-7-8-31(28-45)36(47)46(33-15-16-33)27-29-11-13-30(14-12-29)32-25-41-42-26-32/h6,9-14,24-26,31,33H,4-5,7-8,15-23,27-28H2,1-3H3,(H,41,42)/t31-/m1/s1. The number of amides is 3. The number of hydrogen-bond acceptors (Lipinski definition) is 7. The second-order valence-corrected chi connectivity index (χ2v) is 15.7. The molecule has 3 aromatic rings. The van der Waals surface area contributed by atoms with Gasteiger partial charge in [-0.2, -0.15) is 5.10 Å². The molecule has 1 aromatic heterocycles. The van der Waals surface area contributed by atoms with Gasteiger partial charge in [-0.15, -0.1) is 0 Å². The van der Waals surface area contributed by atoms with Crippen molar-refractivity contribution in [1.82, 2.24) is 24.9 Å². The molecule has 51 heavy (non-hydrogen) atoms. The van der Waals surface area contributed by atoms with Gasteiger partial charge in [-0.25, -0.2) is 4.79 Å². The summed E-state index contributed by atoms with van der Waals surface area (Å²) in [6.07, 6.45) is 10.5. The molecule has 3 heterocycles. The molecular weight excluding hydrogens is 644 g/mol. The van der Waals surface area contributed by atoms with Crippen LogP contribution >= 0.6 is 0 Å². The summed E-state index contributed by atoms with van der Waals surface area (Å²) in [4.78, 5) is 48.7. The summed E-state index contributed by atoms with van der Waals surface area (Å²) in [5, 5.41) is 6.92. The van der Waals surface area contributed by atoms with Crippen LogP contribution in [0.4, 0.5) is 10.5 Å². The van der Waals surface area contributed by atoms with Crippen molar-refractivity contribution in [2.75, 3.05) is 44.2 Å². The van der Waals surface area contributed by atoms with Gasteiger partial charge in [-0.1, -0.05) is 30.3 Å². The molecule has 7 rings (SSSR count). The Kier molecular flexibility index (Phi) is 9.99. The predicted molar refractivity (Wildman–Crippen MR) is 195 cm³/mol. The molecule has 2 saturated carbocycles. The zero-order valence-electron chi connectivity index (χ0n) is 30.3. The Labute approximate surface area is 301 Å². The second-order valence-electron chi connectivity index (χ2n) is 15.7. The molecule has 3 amide bonds. The van der Waals surface area contributed by atoms with Crippen LogP contribution < -0.4 is 9.64 Å². The van der Waals surface area contributed by atoms with Crippen molar-refractivity contribution in [2.45, 2.75) is 95.9 Å². The Balaban J connectivity index is 0.984. The predicted octanol–water partition coefficient (Wildman–Crippen LogP) is 6.26. The molecular formula is C40H52N6O5. The van der Waals surface area contributed by atoms with E-state index in [4.69, 9.17) is 9.47 Å². The van der Waals surface area contributed by atoms with E-state index in [0.29, 0.717) is 63.9 Å². The number of anilines is 1. The van der Waals surface area contributed by atoms with Crippen molar-refractivity contribution in [3.63, 3.8) is 0 Å². The molecule has 2 saturated heterocycles. The Bertz CT molecular complexity index is 1670. The molecule has 11 nitrogen and oxygen atoms in total. The number of rotatable bonds is 9. The van der Waals surface area contributed by atoms with E-state index in [-0.39, 0.29) is 23.8 Å². The Morgan fingerprint density at radius 3 is 2.29 bits per heavy atom. The first-order valence-corrected chi connectivity index (χ1v) is 18.8. The van der Waals surface area contributed by atoms with Crippen LogP contribution in [0.1, 0.15) is 77.7 Å². The summed E-state index contributed by atoms with van der Waals surface area (Å²) >= 11 is 0. The van der Waals surface area contributed by atoms with E-state index in [9.17, 15) is 14.4 Å². The molecule has 0 radical (unpaired) electrons. The first-order chi connectivity index (χ1) is 24.6. The molecule has 4 fully saturated rings. The monoisotopic (exact) mass is 696 g/mol. The molecule has 4 aliphatic rings. The number of H-pyrrole nitrogens is 1. The minimum atomic E-state index is -0.908. The maximum Gasteiger partial charge on any atom is 0.410 e. The Morgan fingerprint density at radius 1 is 0.902 bits per heavy atom. The molecule has 2 aromatic carbocycles. The summed E-state index contributed by atoms with van der Waals surface area (Å²) in [6.45, 7) is 9.55. The fourth-order valence-electron chi connectivity index (χ4n) is 7.81. The van der Waals surface area contributed by atoms with Crippen LogP contribution in [0.5, 0.6) is 5.75 Å². The fraction of sp³-hybridized carbons (Fsp3) is 0.550. The summed E-state index contributed by atoms with van der Waals surface area (Å²) in [7, 11) is 0. The van der Waals surface area contributed by atoms with Crippen LogP contribution in [0.2, 0.25) is 0 Å². The molecule has 2 aliphatic heterocycles. The zero-order valence-corrected chi connectivity index (χ0v) is 30.3. The number of carbonyl (C=O) groups excluding carboxylic acids is 3. The van der Waals surface area contributed by atoms with Gasteiger partial charge in [-0.3, -0.25) is 14.7 Å². The third-order valence-corrected chi connectivity index (χ3v) is 10.7. The van der Waals surface area contributed by atoms with Gasteiger partial charge in [-0.05, 0) is 95.4 Å². The summed E-state index contributed by atoms with van der Waals surface area (Å²) in [5.74, 6) is 0.864. The molecule has 272 valence electrons. The van der Waals surface area contributed by atoms with Crippen molar-refractivity contribution in [1.29, 1.82) is 0 Å². The summed E-state index contributed by atoms with van der Waals surface area (Å²) in [5.41, 5.74) is 2.84. The van der Waals surface area contributed by atoms with Gasteiger partial charge in [0.25, 0.3) is 5.91 Å². The fourth-order valence-corrected chi connectivity index (χ4v) is 7.81. The molecule has 2 aliphatic carbocycles. The highest BCUT2D eigenvalue weighted by molar-refractivity contribution is 5.86. The smallest absolute Gasteiger partial charge is 0.410 e. The molecule has 1 N–H and O–H groups in total. The number of aromatic amines is 1. The van der Waals surface area contributed by atoms with Crippen LogP contribution in [-0.2, 0) is 20.9 Å². The van der Waals surface area contributed by atoms with E-state index in [0.717, 1.165) is 67.4 Å². The lowest BCUT2D eigenvalue weighted by atomic mass is 9.95. The van der Waals surface area contributed by atoms with E-state index < -0.39 is 11.2 Å². The number of piperidine rings is 1. The summed E-state index contributed by atoms with van der Waals surface area (Å²) < 4.78 is 12.2. The van der Waals surface area contributed by atoms with Gasteiger partial charge >= 0.3 is 6.09 Å². The number of nitrogens with one attached hydrogen (secondary N) is 1. The van der Waals surface area contributed by atoms with E-state index >= 15 is 0 Å². The lowest BCUT2D eigenvalue weighted by molar-refractivity contribution is -0.149. The molecule has 0 unspecified atom stereocenters. The van der Waals surface area contributed by atoms with Crippen LogP contribution in [-0.4, -0.2) is 99.3 Å². The number of hydrogen-bond donors (Lipinski definition) is 1. The largest absolute Gasteiger partial charge is 0.477 e. The maximum absolute atomic E-state index is 14.1. The van der Waals surface area contributed by atoms with E-state index in [2.05, 4.69) is 50.3 Å². The average Bonchev–Trinajstić information content (AvgIpc) is 3.60. The first kappa shape index (κ1) is 34.9. The minimum Gasteiger partial charge on any atom is -0.477 e. The number of benzene rings is 2. The topological polar surface area (TPSA) is 111 Å².